The van der Waals surface area contributed by atoms with Crippen LogP contribution in [0.5, 0.6) is 0 Å². The number of esters is 3. The number of unbranched alkanes of at least 4 members (excludes halogenated alkanes) is 35. The van der Waals surface area contributed by atoms with E-state index in [1.807, 2.05) is 0 Å². The molecule has 0 bridgehead atoms. The van der Waals surface area contributed by atoms with E-state index in [4.69, 9.17) is 14.2 Å². The van der Waals surface area contributed by atoms with E-state index in [1.54, 1.807) is 0 Å². The maximum atomic E-state index is 12.9. The average molecular weight is 1150 g/mol. The number of rotatable bonds is 64. The molecule has 1 unspecified atom stereocenters. The van der Waals surface area contributed by atoms with Gasteiger partial charge in [0.1, 0.15) is 13.2 Å². The van der Waals surface area contributed by atoms with Gasteiger partial charge in [0.25, 0.3) is 0 Å². The molecule has 0 aromatic carbocycles. The first kappa shape index (κ1) is 79.1. The number of carbonyl (C=O) groups excluding carboxylic acids is 3. The zero-order valence-corrected chi connectivity index (χ0v) is 54.7. The number of ether oxygens (including phenoxy) is 3. The molecule has 0 aliphatic carbocycles. The molecule has 83 heavy (non-hydrogen) atoms. The van der Waals surface area contributed by atoms with Gasteiger partial charge in [-0.1, -0.05) is 304 Å². The van der Waals surface area contributed by atoms with Gasteiger partial charge < -0.3 is 14.2 Å². The van der Waals surface area contributed by atoms with Gasteiger partial charge in [-0.15, -0.1) is 0 Å². The van der Waals surface area contributed by atoms with Crippen LogP contribution in [0.25, 0.3) is 0 Å². The van der Waals surface area contributed by atoms with Crippen molar-refractivity contribution < 1.29 is 28.6 Å². The van der Waals surface area contributed by atoms with Crippen LogP contribution >= 0.6 is 0 Å². The lowest BCUT2D eigenvalue weighted by atomic mass is 10.0. The molecular weight excluding hydrogens is 1020 g/mol. The van der Waals surface area contributed by atoms with Gasteiger partial charge in [0.2, 0.25) is 0 Å². The maximum absolute atomic E-state index is 12.9. The van der Waals surface area contributed by atoms with Crippen molar-refractivity contribution in [2.45, 2.75) is 348 Å². The van der Waals surface area contributed by atoms with Gasteiger partial charge in [0.15, 0.2) is 6.10 Å². The van der Waals surface area contributed by atoms with Crippen molar-refractivity contribution in [3.05, 3.63) is 109 Å². The summed E-state index contributed by atoms with van der Waals surface area (Å²) < 4.78 is 16.9. The normalized spacial score (nSPS) is 12.8. The Kier molecular flexibility index (Phi) is 67.2. The van der Waals surface area contributed by atoms with Gasteiger partial charge in [-0.2, -0.15) is 0 Å². The van der Waals surface area contributed by atoms with E-state index in [0.717, 1.165) is 116 Å². The van der Waals surface area contributed by atoms with Crippen LogP contribution in [0.3, 0.4) is 0 Å². The van der Waals surface area contributed by atoms with Gasteiger partial charge in [-0.3, -0.25) is 14.4 Å². The minimum absolute atomic E-state index is 0.0931. The summed E-state index contributed by atoms with van der Waals surface area (Å²) in [6.45, 7) is 6.51. The molecule has 0 N–H and O–H groups in total. The largest absolute Gasteiger partial charge is 0.462 e. The predicted octanol–water partition coefficient (Wildman–Crippen LogP) is 24.6. The van der Waals surface area contributed by atoms with Crippen molar-refractivity contribution >= 4 is 17.9 Å². The first-order chi connectivity index (χ1) is 41.0. The molecule has 0 saturated heterocycles. The minimum atomic E-state index is -0.801. The molecule has 0 aromatic heterocycles. The molecule has 0 spiro atoms. The summed E-state index contributed by atoms with van der Waals surface area (Å²) >= 11 is 0. The van der Waals surface area contributed by atoms with E-state index in [1.165, 1.54) is 186 Å². The van der Waals surface area contributed by atoms with Crippen molar-refractivity contribution in [2.24, 2.45) is 0 Å². The van der Waals surface area contributed by atoms with Gasteiger partial charge in [-0.05, 0) is 128 Å². The Morgan fingerprint density at radius 3 is 0.759 bits per heavy atom. The van der Waals surface area contributed by atoms with Crippen molar-refractivity contribution in [1.29, 1.82) is 0 Å². The number of carbonyl (C=O) groups is 3. The van der Waals surface area contributed by atoms with Crippen LogP contribution in [0.2, 0.25) is 0 Å². The molecule has 0 saturated carbocycles. The fourth-order valence-corrected chi connectivity index (χ4v) is 9.94. The van der Waals surface area contributed by atoms with Gasteiger partial charge in [0.05, 0.1) is 0 Å². The summed E-state index contributed by atoms with van der Waals surface area (Å²) in [4.78, 5) is 38.4. The Bertz CT molecular complexity index is 1660. The van der Waals surface area contributed by atoms with Crippen molar-refractivity contribution in [3.8, 4) is 0 Å². The lowest BCUT2D eigenvalue weighted by Crippen LogP contribution is -2.30. The summed E-state index contributed by atoms with van der Waals surface area (Å²) in [6, 6.07) is 0. The molecular formula is C77H132O6. The lowest BCUT2D eigenvalue weighted by Gasteiger charge is -2.18. The van der Waals surface area contributed by atoms with Crippen LogP contribution in [0.4, 0.5) is 0 Å². The molecule has 0 radical (unpaired) electrons. The molecule has 0 amide bonds. The van der Waals surface area contributed by atoms with Crippen molar-refractivity contribution in [1.82, 2.24) is 0 Å². The highest BCUT2D eigenvalue weighted by Gasteiger charge is 2.19. The minimum Gasteiger partial charge on any atom is -0.462 e. The summed E-state index contributed by atoms with van der Waals surface area (Å²) in [7, 11) is 0. The van der Waals surface area contributed by atoms with Crippen LogP contribution in [-0.2, 0) is 28.6 Å². The van der Waals surface area contributed by atoms with Crippen molar-refractivity contribution in [2.75, 3.05) is 13.2 Å². The third kappa shape index (κ3) is 68.7. The molecule has 0 aliphatic heterocycles. The highest BCUT2D eigenvalue weighted by atomic mass is 16.6. The molecule has 1 atom stereocenters. The second-order valence-corrected chi connectivity index (χ2v) is 23.4. The summed E-state index contributed by atoms with van der Waals surface area (Å²) in [6.07, 6.45) is 96.9. The van der Waals surface area contributed by atoms with Gasteiger partial charge in [0, 0.05) is 19.3 Å². The molecule has 0 aliphatic rings. The lowest BCUT2D eigenvalue weighted by molar-refractivity contribution is -0.167. The van der Waals surface area contributed by atoms with Crippen LogP contribution in [-0.4, -0.2) is 37.2 Å². The van der Waals surface area contributed by atoms with Crippen LogP contribution in [0, 0.1) is 0 Å². The number of hydrogen-bond donors (Lipinski definition) is 0. The Morgan fingerprint density at radius 1 is 0.253 bits per heavy atom. The SMILES string of the molecule is CC/C=C\C/C=C\C/C=C\C/C=C\C/C=C\CCCCCC(=O)OC(COC(=O)CCCCCCC/C=C\CCCCCCCC)COC(=O)CCCCCCCCCCCCCCCCCC/C=C\C/C=C\C/C=C\CCCCCCC. The van der Waals surface area contributed by atoms with E-state index in [0.29, 0.717) is 12.8 Å². The van der Waals surface area contributed by atoms with Crippen LogP contribution < -0.4 is 0 Å². The van der Waals surface area contributed by atoms with E-state index >= 15 is 0 Å². The molecule has 0 fully saturated rings. The van der Waals surface area contributed by atoms with E-state index in [2.05, 4.69) is 130 Å². The summed E-state index contributed by atoms with van der Waals surface area (Å²) in [5, 5.41) is 0. The molecule has 6 heteroatoms. The third-order valence-electron chi connectivity index (χ3n) is 15.2. The van der Waals surface area contributed by atoms with E-state index < -0.39 is 6.10 Å². The van der Waals surface area contributed by atoms with Gasteiger partial charge in [-0.25, -0.2) is 0 Å². The molecule has 0 rings (SSSR count). The fraction of sp³-hybridized carbons (Fsp3) is 0.727. The first-order valence-corrected chi connectivity index (χ1v) is 35.4. The second-order valence-electron chi connectivity index (χ2n) is 23.4. The Balaban J connectivity index is 4.30. The monoisotopic (exact) mass is 1150 g/mol. The zero-order valence-electron chi connectivity index (χ0n) is 54.7. The summed E-state index contributed by atoms with van der Waals surface area (Å²) in [5.41, 5.74) is 0. The predicted molar refractivity (Wildman–Crippen MR) is 362 cm³/mol. The number of hydrogen-bond acceptors (Lipinski definition) is 6. The van der Waals surface area contributed by atoms with Crippen molar-refractivity contribution in [3.63, 3.8) is 0 Å². The average Bonchev–Trinajstić information content (AvgIpc) is 3.49. The van der Waals surface area contributed by atoms with Gasteiger partial charge >= 0.3 is 17.9 Å². The molecule has 6 nitrogen and oxygen atoms in total. The Labute approximate surface area is 514 Å². The standard InChI is InChI=1S/C77H132O6/c1-4-7-10-13-16-19-22-25-28-30-32-33-34-35-36-37-38-39-40-41-42-43-45-46-49-52-55-58-61-64-67-70-76(79)82-73-74(72-81-75(78)69-66-63-60-57-54-51-48-27-24-21-18-15-12-9-6-3)83-77(80)71-68-65-62-59-56-53-50-47-44-31-29-26-23-20-17-14-11-8-5-2/h8,11,17,20,22,25-27,29-30,32,34-35,44,47-48,53,56,74H,4-7,9-10,12-16,18-19,21,23-24,28,31,33,36-43,45-46,49-52,54-55,57-73H2,1-3H3/b11-8-,20-17-,25-22-,29-26-,32-30-,35-34-,47-44-,48-27-,56-53-. The topological polar surface area (TPSA) is 78.9 Å². The first-order valence-electron chi connectivity index (χ1n) is 35.4. The summed E-state index contributed by atoms with van der Waals surface area (Å²) in [5.74, 6) is -0.922. The van der Waals surface area contributed by atoms with E-state index in [-0.39, 0.29) is 37.5 Å². The Morgan fingerprint density at radius 2 is 0.470 bits per heavy atom. The quantitative estimate of drug-likeness (QED) is 0.0261. The van der Waals surface area contributed by atoms with Crippen LogP contribution in [0.1, 0.15) is 342 Å². The highest BCUT2D eigenvalue weighted by Crippen LogP contribution is 2.17. The van der Waals surface area contributed by atoms with Crippen LogP contribution in [0.15, 0.2) is 109 Å². The third-order valence-corrected chi connectivity index (χ3v) is 15.2. The van der Waals surface area contributed by atoms with E-state index in [9.17, 15) is 14.4 Å². The smallest absolute Gasteiger partial charge is 0.306 e. The Hall–Kier alpha value is -3.93. The molecule has 0 aromatic rings. The number of allylic oxidation sites excluding steroid dienone is 18. The molecule has 0 heterocycles. The molecule has 476 valence electrons. The zero-order chi connectivity index (χ0) is 59.9. The second kappa shape index (κ2) is 70.6. The highest BCUT2D eigenvalue weighted by molar-refractivity contribution is 5.71. The fourth-order valence-electron chi connectivity index (χ4n) is 9.94. The maximum Gasteiger partial charge on any atom is 0.306 e.